The molecule has 0 heterocycles. The molecule has 1 aliphatic rings. The lowest BCUT2D eigenvalue weighted by Crippen LogP contribution is -2.26. The van der Waals surface area contributed by atoms with Crippen molar-refractivity contribution in [3.8, 4) is 0 Å². The lowest BCUT2D eigenvalue weighted by Gasteiger charge is -2.33. The Kier molecular flexibility index (Phi) is 9.87. The van der Waals surface area contributed by atoms with E-state index in [9.17, 15) is 13.2 Å². The van der Waals surface area contributed by atoms with E-state index in [-0.39, 0.29) is 27.0 Å². The van der Waals surface area contributed by atoms with Gasteiger partial charge in [-0.1, -0.05) is 152 Å². The summed E-state index contributed by atoms with van der Waals surface area (Å²) in [6.45, 7) is 13.4. The van der Waals surface area contributed by atoms with Crippen molar-refractivity contribution in [2.75, 3.05) is 6.26 Å². The summed E-state index contributed by atoms with van der Waals surface area (Å²) in [4.78, 5) is 14.6. The van der Waals surface area contributed by atoms with Gasteiger partial charge >= 0.3 is 5.71 Å². The van der Waals surface area contributed by atoms with E-state index in [4.69, 9.17) is 5.53 Å². The predicted molar refractivity (Wildman–Crippen MR) is 200 cm³/mol. The van der Waals surface area contributed by atoms with Crippen LogP contribution in [0, 0.1) is 20.8 Å². The van der Waals surface area contributed by atoms with Crippen LogP contribution in [0.2, 0.25) is 0 Å². The van der Waals surface area contributed by atoms with E-state index in [0.29, 0.717) is 5.56 Å². The molecule has 5 aromatic rings. The van der Waals surface area contributed by atoms with Gasteiger partial charge in [0.1, 0.15) is 0 Å². The van der Waals surface area contributed by atoms with Crippen LogP contribution in [0.1, 0.15) is 81.2 Å². The topological polar surface area (TPSA) is 87.6 Å². The van der Waals surface area contributed by atoms with Crippen LogP contribution >= 0.6 is 0 Å². The molecule has 5 aromatic carbocycles. The monoisotopic (exact) mass is 666 g/mol. The van der Waals surface area contributed by atoms with E-state index in [1.165, 1.54) is 50.6 Å². The zero-order chi connectivity index (χ0) is 35.6. The van der Waals surface area contributed by atoms with Crippen molar-refractivity contribution in [1.29, 1.82) is 0 Å². The number of hydrogen-bond acceptors (Lipinski definition) is 3. The van der Waals surface area contributed by atoms with Gasteiger partial charge in [0.05, 0.1) is 11.0 Å². The summed E-state index contributed by atoms with van der Waals surface area (Å²) in [7, 11) is -3.49. The first-order valence-corrected chi connectivity index (χ1v) is 18.2. The zero-order valence-corrected chi connectivity index (χ0v) is 30.0. The minimum atomic E-state index is -3.49. The summed E-state index contributed by atoms with van der Waals surface area (Å²) in [5.74, 6) is -0.490. The number of carbonyl (C=O) groups excluding carboxylic acids is 1. The molecule has 0 saturated carbocycles. The number of sulfone groups is 1. The Labute approximate surface area is 290 Å². The van der Waals surface area contributed by atoms with Crippen molar-refractivity contribution in [2.24, 2.45) is 0 Å². The molecule has 0 unspecified atom stereocenters. The number of aryl methyl sites for hydroxylation is 3. The molecule has 0 aromatic heterocycles. The van der Waals surface area contributed by atoms with Gasteiger partial charge in [0.25, 0.3) is 5.78 Å². The van der Waals surface area contributed by atoms with Crippen LogP contribution < -0.4 is 0 Å². The van der Waals surface area contributed by atoms with Gasteiger partial charge in [0.15, 0.2) is 9.84 Å². The Hall–Kier alpha value is -5.16. The maximum Gasteiger partial charge on any atom is 0.364 e. The number of allylic oxidation sites excluding steroid dienone is 1. The minimum absolute atomic E-state index is 0.0134. The standard InChI is InChI=1S/C32H34.C11H8N2O3S/c1-23-7-13-26(14-8-23)31(4,5)27-19-21-30(22-20-27)32(6,28-15-9-24(2)10-16-28)29-17-11-25(3)12-18-29;1-17(15,16)10-6-9(13-12)11(14)8-5-3-2-4-7(8)10/h7-22H,1-6H3;2-6H,1H3. The van der Waals surface area contributed by atoms with E-state index >= 15 is 0 Å². The van der Waals surface area contributed by atoms with Crippen LogP contribution in [0.15, 0.2) is 127 Å². The summed E-state index contributed by atoms with van der Waals surface area (Å²) in [6, 6.07) is 42.5. The third-order valence-corrected chi connectivity index (χ3v) is 10.8. The summed E-state index contributed by atoms with van der Waals surface area (Å²) in [5, 5.41) is 0. The zero-order valence-electron chi connectivity index (χ0n) is 29.2. The van der Waals surface area contributed by atoms with Crippen molar-refractivity contribution < 1.29 is 18.0 Å². The van der Waals surface area contributed by atoms with Crippen molar-refractivity contribution in [2.45, 2.75) is 52.4 Å². The van der Waals surface area contributed by atoms with Gasteiger partial charge in [0, 0.05) is 28.2 Å². The van der Waals surface area contributed by atoms with Crippen molar-refractivity contribution >= 4 is 26.2 Å². The highest BCUT2D eigenvalue weighted by Gasteiger charge is 2.34. The smallest absolute Gasteiger partial charge is 0.361 e. The number of Topliss-reactive ketones (excluding diaryl/α,β-unsaturated/α-hetero) is 1. The van der Waals surface area contributed by atoms with Gasteiger partial charge < -0.3 is 5.53 Å². The third kappa shape index (κ3) is 7.17. The Morgan fingerprint density at radius 1 is 0.551 bits per heavy atom. The third-order valence-electron chi connectivity index (χ3n) is 9.66. The van der Waals surface area contributed by atoms with Crippen LogP contribution in [-0.4, -0.2) is 31.0 Å². The second-order valence-corrected chi connectivity index (χ2v) is 15.6. The largest absolute Gasteiger partial charge is 0.364 e. The number of benzene rings is 5. The number of ketones is 1. The van der Waals surface area contributed by atoms with Gasteiger partial charge in [0.2, 0.25) is 0 Å². The second-order valence-electron chi connectivity index (χ2n) is 13.6. The lowest BCUT2D eigenvalue weighted by molar-refractivity contribution is -0.00437. The highest BCUT2D eigenvalue weighted by Crippen LogP contribution is 2.40. The molecule has 0 spiro atoms. The molecule has 0 radical (unpaired) electrons. The van der Waals surface area contributed by atoms with E-state index in [0.717, 1.165) is 12.3 Å². The molecule has 1 aliphatic carbocycles. The van der Waals surface area contributed by atoms with Crippen LogP contribution in [0.5, 0.6) is 0 Å². The molecule has 0 bridgehead atoms. The van der Waals surface area contributed by atoms with Crippen molar-refractivity contribution in [1.82, 2.24) is 0 Å². The van der Waals surface area contributed by atoms with Crippen LogP contribution in [0.3, 0.4) is 0 Å². The van der Waals surface area contributed by atoms with Crippen LogP contribution in [0.4, 0.5) is 0 Å². The molecule has 0 saturated heterocycles. The maximum atomic E-state index is 11.8. The van der Waals surface area contributed by atoms with Crippen molar-refractivity contribution in [3.63, 3.8) is 0 Å². The van der Waals surface area contributed by atoms with E-state index < -0.39 is 15.6 Å². The minimum Gasteiger partial charge on any atom is -0.361 e. The SMILES string of the molecule is CS(=O)(=O)C1=CC(=[N+]=[N-])C(=O)c2ccccc21.Cc1ccc(C(C)(C)c2ccc(C(C)(c3ccc(C)cc3)c3ccc(C)cc3)cc2)cc1. The van der Waals surface area contributed by atoms with Gasteiger partial charge in [-0.25, -0.2) is 8.42 Å². The van der Waals surface area contributed by atoms with Gasteiger partial charge in [-0.2, -0.15) is 4.79 Å². The summed E-state index contributed by atoms with van der Waals surface area (Å²) in [6.07, 6.45) is 2.13. The number of fused-ring (bicyclic) bond motifs is 1. The van der Waals surface area contributed by atoms with Gasteiger partial charge in [-0.3, -0.25) is 4.79 Å². The van der Waals surface area contributed by atoms with Crippen molar-refractivity contribution in [3.05, 3.63) is 189 Å². The Balaban J connectivity index is 0.000000232. The first-order valence-electron chi connectivity index (χ1n) is 16.3. The number of nitrogens with zero attached hydrogens (tertiary/aromatic N) is 2. The normalized spacial score (nSPS) is 13.1. The molecule has 6 heteroatoms. The molecule has 0 fully saturated rings. The molecular weight excluding hydrogens is 625 g/mol. The molecule has 248 valence electrons. The molecule has 0 atom stereocenters. The summed E-state index contributed by atoms with van der Waals surface area (Å²) in [5.41, 5.74) is 19.2. The highest BCUT2D eigenvalue weighted by molar-refractivity contribution is 8.00. The fourth-order valence-electron chi connectivity index (χ4n) is 6.31. The summed E-state index contributed by atoms with van der Waals surface area (Å²) < 4.78 is 23.2. The first kappa shape index (κ1) is 35.2. The highest BCUT2D eigenvalue weighted by atomic mass is 32.2. The average molecular weight is 667 g/mol. The lowest BCUT2D eigenvalue weighted by atomic mass is 9.70. The quantitative estimate of drug-likeness (QED) is 0.103. The van der Waals surface area contributed by atoms with Gasteiger partial charge in [-0.05, 0) is 55.5 Å². The van der Waals surface area contributed by atoms with Crippen LogP contribution in [0.25, 0.3) is 10.4 Å². The molecular formula is C43H42N2O3S. The molecule has 5 nitrogen and oxygen atoms in total. The Bertz CT molecular complexity index is 2140. The molecule has 0 aliphatic heterocycles. The maximum absolute atomic E-state index is 11.8. The Morgan fingerprint density at radius 3 is 1.29 bits per heavy atom. The fourth-order valence-corrected chi connectivity index (χ4v) is 7.22. The number of carbonyl (C=O) groups is 1. The Morgan fingerprint density at radius 2 is 0.898 bits per heavy atom. The van der Waals surface area contributed by atoms with Crippen LogP contribution in [-0.2, 0) is 20.7 Å². The van der Waals surface area contributed by atoms with Gasteiger partial charge in [-0.15, -0.1) is 0 Å². The first-order chi connectivity index (χ1) is 23.2. The molecule has 49 heavy (non-hydrogen) atoms. The number of hydrogen-bond donors (Lipinski definition) is 0. The molecule has 0 N–H and O–H groups in total. The van der Waals surface area contributed by atoms with E-state index in [2.05, 4.69) is 143 Å². The summed E-state index contributed by atoms with van der Waals surface area (Å²) >= 11 is 0. The second kappa shape index (κ2) is 13.8. The van der Waals surface area contributed by atoms with E-state index in [1.54, 1.807) is 18.2 Å². The number of rotatable bonds is 6. The average Bonchev–Trinajstić information content (AvgIpc) is 3.09. The van der Waals surface area contributed by atoms with E-state index in [1.807, 2.05) is 0 Å². The molecule has 6 rings (SSSR count). The predicted octanol–water partition coefficient (Wildman–Crippen LogP) is 9.23. The molecule has 0 amide bonds. The fraction of sp³-hybridized carbons (Fsp3) is 0.209.